The lowest BCUT2D eigenvalue weighted by Crippen LogP contribution is -2.38. The van der Waals surface area contributed by atoms with Gasteiger partial charge >= 0.3 is 5.97 Å². The Kier molecular flexibility index (Phi) is 6.96. The second-order valence-corrected chi connectivity index (χ2v) is 8.07. The highest BCUT2D eigenvalue weighted by atomic mass is 16.5. The zero-order valence-corrected chi connectivity index (χ0v) is 19.1. The first-order chi connectivity index (χ1) is 15.6. The molecule has 1 amide bonds. The maximum Gasteiger partial charge on any atom is 0.347 e. The van der Waals surface area contributed by atoms with Crippen molar-refractivity contribution in [3.05, 3.63) is 76.8 Å². The lowest BCUT2D eigenvalue weighted by Gasteiger charge is -2.23. The molecule has 3 rings (SSSR count). The van der Waals surface area contributed by atoms with Crippen LogP contribution in [0.2, 0.25) is 0 Å². The lowest BCUT2D eigenvalue weighted by atomic mass is 10.1. The lowest BCUT2D eigenvalue weighted by molar-refractivity contribution is -0.152. The van der Waals surface area contributed by atoms with Gasteiger partial charge in [0.05, 0.1) is 5.69 Å². The first-order valence-electron chi connectivity index (χ1n) is 10.6. The summed E-state index contributed by atoms with van der Waals surface area (Å²) >= 11 is 0. The van der Waals surface area contributed by atoms with Crippen molar-refractivity contribution in [2.24, 2.45) is 0 Å². The molecule has 0 fully saturated rings. The van der Waals surface area contributed by atoms with Gasteiger partial charge in [-0.2, -0.15) is 0 Å². The molecule has 1 N–H and O–H groups in total. The minimum absolute atomic E-state index is 0.148. The molecule has 0 atom stereocenters. The van der Waals surface area contributed by atoms with Crippen LogP contribution >= 0.6 is 0 Å². The summed E-state index contributed by atoms with van der Waals surface area (Å²) in [5.74, 6) is -0.469. The van der Waals surface area contributed by atoms with E-state index in [1.165, 1.54) is 29.4 Å². The molecule has 1 aromatic heterocycles. The number of benzene rings is 2. The summed E-state index contributed by atoms with van der Waals surface area (Å²) in [6, 6.07) is 17.4. The van der Waals surface area contributed by atoms with E-state index in [2.05, 4.69) is 4.98 Å². The Morgan fingerprint density at radius 1 is 1.09 bits per heavy atom. The number of hydrogen-bond acceptors (Lipinski definition) is 5. The van der Waals surface area contributed by atoms with Crippen LogP contribution in [0.5, 0.6) is 5.75 Å². The summed E-state index contributed by atoms with van der Waals surface area (Å²) in [7, 11) is 1.61. The van der Waals surface area contributed by atoms with E-state index in [1.54, 1.807) is 31.3 Å². The van der Waals surface area contributed by atoms with Crippen LogP contribution in [0.1, 0.15) is 26.6 Å². The van der Waals surface area contributed by atoms with Crippen molar-refractivity contribution in [3.8, 4) is 17.0 Å². The number of anilines is 1. The van der Waals surface area contributed by atoms with E-state index in [0.29, 0.717) is 29.4 Å². The Balaban J connectivity index is 1.78. The maximum atomic E-state index is 12.9. The van der Waals surface area contributed by atoms with Gasteiger partial charge in [0.25, 0.3) is 5.56 Å². The molecule has 2 aromatic carbocycles. The maximum absolute atomic E-state index is 12.9. The minimum Gasteiger partial charge on any atom is -0.478 e. The average molecular weight is 450 g/mol. The number of hydrogen-bond donors (Lipinski definition) is 1. The molecule has 0 unspecified atom stereocenters. The molecule has 0 radical (unpaired) electrons. The SMILES string of the molecule is CCc1nc(-c2ccccc2)cc(=O)n1CC(=O)N(C)c1ccc(OC(C)(C)C(=O)O)cc1. The highest BCUT2D eigenvalue weighted by Crippen LogP contribution is 2.23. The molecule has 8 nitrogen and oxygen atoms in total. The van der Waals surface area contributed by atoms with Crippen LogP contribution in [0, 0.1) is 0 Å². The zero-order valence-electron chi connectivity index (χ0n) is 19.1. The van der Waals surface area contributed by atoms with E-state index in [4.69, 9.17) is 4.74 Å². The third-order valence-electron chi connectivity index (χ3n) is 5.25. The molecular weight excluding hydrogens is 422 g/mol. The molecule has 8 heteroatoms. The van der Waals surface area contributed by atoms with Gasteiger partial charge in [-0.3, -0.25) is 14.2 Å². The average Bonchev–Trinajstić information content (AvgIpc) is 2.80. The number of aromatic nitrogens is 2. The largest absolute Gasteiger partial charge is 0.478 e. The van der Waals surface area contributed by atoms with Crippen LogP contribution in [0.15, 0.2) is 65.5 Å². The van der Waals surface area contributed by atoms with Crippen LogP contribution in [-0.4, -0.2) is 39.2 Å². The number of rotatable bonds is 8. The van der Waals surface area contributed by atoms with Gasteiger partial charge < -0.3 is 14.7 Å². The Bertz CT molecular complexity index is 1200. The number of carbonyl (C=O) groups excluding carboxylic acids is 1. The standard InChI is InChI=1S/C25H27N3O5/c1-5-21-26-20(17-9-7-6-8-10-17)15-22(29)28(21)16-23(30)27(4)18-11-13-19(14-12-18)33-25(2,3)24(31)32/h6-15H,5,16H2,1-4H3,(H,31,32). The van der Waals surface area contributed by atoms with Crippen LogP contribution in [0.25, 0.3) is 11.3 Å². The zero-order chi connectivity index (χ0) is 24.2. The quantitative estimate of drug-likeness (QED) is 0.566. The van der Waals surface area contributed by atoms with Crippen molar-refractivity contribution in [1.29, 1.82) is 0 Å². The molecule has 0 saturated carbocycles. The first-order valence-corrected chi connectivity index (χ1v) is 10.6. The number of carboxylic acid groups (broad SMARTS) is 1. The molecule has 0 spiro atoms. The Hall–Kier alpha value is -3.94. The third kappa shape index (κ3) is 5.46. The molecule has 0 saturated heterocycles. The van der Waals surface area contributed by atoms with Gasteiger partial charge in [0.1, 0.15) is 18.1 Å². The summed E-state index contributed by atoms with van der Waals surface area (Å²) < 4.78 is 6.88. The van der Waals surface area contributed by atoms with Gasteiger partial charge in [-0.05, 0) is 38.1 Å². The number of carbonyl (C=O) groups is 2. The number of nitrogens with zero attached hydrogens (tertiary/aromatic N) is 3. The molecule has 0 aliphatic rings. The molecule has 0 aliphatic heterocycles. The minimum atomic E-state index is -1.38. The van der Waals surface area contributed by atoms with Crippen molar-refractivity contribution in [2.75, 3.05) is 11.9 Å². The van der Waals surface area contributed by atoms with Gasteiger partial charge in [-0.25, -0.2) is 9.78 Å². The Labute approximate surface area is 192 Å². The van der Waals surface area contributed by atoms with E-state index < -0.39 is 11.6 Å². The number of aliphatic carboxylic acids is 1. The number of ether oxygens (including phenoxy) is 1. The second kappa shape index (κ2) is 9.68. The van der Waals surface area contributed by atoms with Gasteiger partial charge in [-0.1, -0.05) is 37.3 Å². The fourth-order valence-corrected chi connectivity index (χ4v) is 3.21. The number of likely N-dealkylation sites (N-methyl/N-ethyl adjacent to an activating group) is 1. The van der Waals surface area contributed by atoms with Crippen molar-refractivity contribution in [2.45, 2.75) is 39.3 Å². The van der Waals surface area contributed by atoms with E-state index in [1.807, 2.05) is 37.3 Å². The third-order valence-corrected chi connectivity index (χ3v) is 5.25. The fraction of sp³-hybridized carbons (Fsp3) is 0.280. The van der Waals surface area contributed by atoms with Crippen LogP contribution in [-0.2, 0) is 22.6 Å². The van der Waals surface area contributed by atoms with Gasteiger partial charge in [0.2, 0.25) is 5.91 Å². The highest BCUT2D eigenvalue weighted by Gasteiger charge is 2.29. The molecule has 3 aromatic rings. The fourth-order valence-electron chi connectivity index (χ4n) is 3.21. The van der Waals surface area contributed by atoms with Crippen LogP contribution in [0.4, 0.5) is 5.69 Å². The summed E-state index contributed by atoms with van der Waals surface area (Å²) in [4.78, 5) is 43.0. The van der Waals surface area contributed by atoms with Crippen molar-refractivity contribution in [3.63, 3.8) is 0 Å². The number of amides is 1. The van der Waals surface area contributed by atoms with E-state index in [-0.39, 0.29) is 18.0 Å². The summed E-state index contributed by atoms with van der Waals surface area (Å²) in [6.45, 7) is 4.65. The molecule has 0 aliphatic carbocycles. The Morgan fingerprint density at radius 2 is 1.73 bits per heavy atom. The first kappa shape index (κ1) is 23.7. The monoisotopic (exact) mass is 449 g/mol. The normalized spacial score (nSPS) is 11.2. The highest BCUT2D eigenvalue weighted by molar-refractivity contribution is 5.92. The summed E-state index contributed by atoms with van der Waals surface area (Å²) in [5, 5.41) is 9.19. The predicted octanol–water partition coefficient (Wildman–Crippen LogP) is 3.38. The van der Waals surface area contributed by atoms with Crippen LogP contribution < -0.4 is 15.2 Å². The van der Waals surface area contributed by atoms with Gasteiger partial charge in [0, 0.05) is 30.8 Å². The molecule has 0 bridgehead atoms. The van der Waals surface area contributed by atoms with Crippen molar-refractivity contribution in [1.82, 2.24) is 9.55 Å². The predicted molar refractivity (Wildman–Crippen MR) is 126 cm³/mol. The topological polar surface area (TPSA) is 102 Å². The second-order valence-electron chi connectivity index (χ2n) is 8.07. The summed E-state index contributed by atoms with van der Waals surface area (Å²) in [6.07, 6.45) is 0.498. The van der Waals surface area contributed by atoms with Crippen molar-refractivity contribution >= 4 is 17.6 Å². The molecular formula is C25H27N3O5. The number of carboxylic acids is 1. The number of aryl methyl sites for hydroxylation is 1. The van der Waals surface area contributed by atoms with Crippen LogP contribution in [0.3, 0.4) is 0 Å². The van der Waals surface area contributed by atoms with Gasteiger partial charge in [0.15, 0.2) is 5.60 Å². The van der Waals surface area contributed by atoms with E-state index in [0.717, 1.165) is 5.56 Å². The smallest absolute Gasteiger partial charge is 0.347 e. The molecule has 172 valence electrons. The van der Waals surface area contributed by atoms with Crippen molar-refractivity contribution < 1.29 is 19.4 Å². The summed E-state index contributed by atoms with van der Waals surface area (Å²) in [5.41, 5.74) is 0.338. The van der Waals surface area contributed by atoms with E-state index in [9.17, 15) is 19.5 Å². The molecule has 1 heterocycles. The Morgan fingerprint density at radius 3 is 2.30 bits per heavy atom. The van der Waals surface area contributed by atoms with E-state index >= 15 is 0 Å². The molecule has 33 heavy (non-hydrogen) atoms. The van der Waals surface area contributed by atoms with Gasteiger partial charge in [-0.15, -0.1) is 0 Å².